The van der Waals surface area contributed by atoms with Crippen molar-refractivity contribution in [2.75, 3.05) is 11.9 Å². The van der Waals surface area contributed by atoms with Gasteiger partial charge in [-0.3, -0.25) is 0 Å². The first kappa shape index (κ1) is 8.88. The molecule has 4 N–H and O–H groups in total. The summed E-state index contributed by atoms with van der Waals surface area (Å²) in [6.45, 7) is 0.618. The minimum Gasteiger partial charge on any atom is -0.330 e. The fourth-order valence-corrected chi connectivity index (χ4v) is 0.816. The average molecular weight is 246 g/mol. The Morgan fingerprint density at radius 3 is 2.12 bits per heavy atom. The third-order valence-corrected chi connectivity index (χ3v) is 3.21. The second kappa shape index (κ2) is 3.82. The van der Waals surface area contributed by atoms with Crippen LogP contribution in [0.1, 0.15) is 6.42 Å². The summed E-state index contributed by atoms with van der Waals surface area (Å²) in [5, 5.41) is 0.733. The summed E-state index contributed by atoms with van der Waals surface area (Å²) in [6.07, 6.45) is 0.790. The lowest BCUT2D eigenvalue weighted by atomic mass is 10.2. The number of halogens is 2. The van der Waals surface area contributed by atoms with Crippen molar-refractivity contribution in [1.82, 2.24) is 0 Å². The Hall–Kier alpha value is 0.880. The van der Waals surface area contributed by atoms with Gasteiger partial charge < -0.3 is 11.5 Å². The molecule has 0 spiro atoms. The van der Waals surface area contributed by atoms with E-state index in [0.717, 1.165) is 11.8 Å². The fourth-order valence-electron chi connectivity index (χ4n) is 0.307. The maximum absolute atomic E-state index is 5.62. The van der Waals surface area contributed by atoms with Crippen LogP contribution in [-0.4, -0.2) is 16.3 Å². The van der Waals surface area contributed by atoms with E-state index < -0.39 is 0 Å². The molecule has 0 radical (unpaired) electrons. The van der Waals surface area contributed by atoms with Crippen molar-refractivity contribution in [3.63, 3.8) is 0 Å². The van der Waals surface area contributed by atoms with Gasteiger partial charge in [0, 0.05) is 5.33 Å². The minimum absolute atomic E-state index is 0.304. The predicted octanol–water partition coefficient (Wildman–Crippen LogP) is 0.780. The molecule has 0 saturated heterocycles. The van der Waals surface area contributed by atoms with E-state index in [0.29, 0.717) is 6.54 Å². The van der Waals surface area contributed by atoms with Crippen molar-refractivity contribution < 1.29 is 0 Å². The first-order valence-corrected chi connectivity index (χ1v) is 4.27. The molecule has 0 bridgehead atoms. The van der Waals surface area contributed by atoms with Crippen LogP contribution in [0.3, 0.4) is 0 Å². The molecular formula is C4H10Br2N2. The first-order chi connectivity index (χ1) is 3.62. The van der Waals surface area contributed by atoms with Gasteiger partial charge in [0.25, 0.3) is 0 Å². The molecule has 0 fully saturated rings. The van der Waals surface area contributed by atoms with E-state index in [4.69, 9.17) is 11.5 Å². The van der Waals surface area contributed by atoms with Gasteiger partial charge in [0.2, 0.25) is 0 Å². The van der Waals surface area contributed by atoms with Gasteiger partial charge in [-0.25, -0.2) is 0 Å². The monoisotopic (exact) mass is 244 g/mol. The fraction of sp³-hybridized carbons (Fsp3) is 1.00. The molecule has 1 atom stereocenters. The number of rotatable bonds is 3. The first-order valence-electron chi connectivity index (χ1n) is 2.36. The van der Waals surface area contributed by atoms with E-state index in [1.54, 1.807) is 0 Å². The van der Waals surface area contributed by atoms with E-state index in [1.807, 2.05) is 0 Å². The summed E-state index contributed by atoms with van der Waals surface area (Å²) < 4.78 is -0.304. The van der Waals surface area contributed by atoms with Gasteiger partial charge in [-0.1, -0.05) is 31.9 Å². The van der Waals surface area contributed by atoms with Gasteiger partial charge in [0.05, 0.1) is 4.45 Å². The van der Waals surface area contributed by atoms with Gasteiger partial charge in [-0.15, -0.1) is 0 Å². The second-order valence-electron chi connectivity index (χ2n) is 1.71. The predicted molar refractivity (Wildman–Crippen MR) is 43.3 cm³/mol. The Morgan fingerprint density at radius 2 is 2.00 bits per heavy atom. The molecule has 0 heterocycles. The molecule has 0 saturated carbocycles. The lowest BCUT2D eigenvalue weighted by Gasteiger charge is -2.17. The minimum atomic E-state index is -0.304. The summed E-state index contributed by atoms with van der Waals surface area (Å²) in [6, 6.07) is 0. The molecule has 4 heteroatoms. The van der Waals surface area contributed by atoms with E-state index in [-0.39, 0.29) is 4.45 Å². The third kappa shape index (κ3) is 3.83. The van der Waals surface area contributed by atoms with Crippen LogP contribution in [0.4, 0.5) is 0 Å². The number of alkyl halides is 2. The second-order valence-corrected chi connectivity index (χ2v) is 3.85. The van der Waals surface area contributed by atoms with Crippen LogP contribution in [0.5, 0.6) is 0 Å². The van der Waals surface area contributed by atoms with Crippen molar-refractivity contribution >= 4 is 31.9 Å². The van der Waals surface area contributed by atoms with Crippen molar-refractivity contribution in [2.24, 2.45) is 11.5 Å². The van der Waals surface area contributed by atoms with Crippen LogP contribution in [0, 0.1) is 0 Å². The molecule has 0 aromatic rings. The Balaban J connectivity index is 3.37. The van der Waals surface area contributed by atoms with E-state index >= 15 is 0 Å². The van der Waals surface area contributed by atoms with E-state index in [9.17, 15) is 0 Å². The highest BCUT2D eigenvalue weighted by Gasteiger charge is 2.16. The number of hydrogen-bond donors (Lipinski definition) is 2. The highest BCUT2D eigenvalue weighted by atomic mass is 79.9. The quantitative estimate of drug-likeness (QED) is 0.571. The van der Waals surface area contributed by atoms with E-state index in [2.05, 4.69) is 31.9 Å². The Morgan fingerprint density at radius 1 is 1.50 bits per heavy atom. The molecule has 2 nitrogen and oxygen atoms in total. The molecule has 0 aliphatic heterocycles. The molecule has 0 aromatic carbocycles. The van der Waals surface area contributed by atoms with Gasteiger partial charge in [0.15, 0.2) is 0 Å². The summed E-state index contributed by atoms with van der Waals surface area (Å²) in [4.78, 5) is 0. The van der Waals surface area contributed by atoms with Crippen LogP contribution in [0.25, 0.3) is 0 Å². The highest BCUT2D eigenvalue weighted by molar-refractivity contribution is 9.12. The van der Waals surface area contributed by atoms with Crippen molar-refractivity contribution in [1.29, 1.82) is 0 Å². The molecule has 8 heavy (non-hydrogen) atoms. The maximum Gasteiger partial charge on any atom is 0.0827 e. The van der Waals surface area contributed by atoms with Crippen molar-refractivity contribution in [3.05, 3.63) is 0 Å². The normalized spacial score (nSPS) is 18.0. The molecule has 0 aliphatic carbocycles. The van der Waals surface area contributed by atoms with Gasteiger partial charge >= 0.3 is 0 Å². The smallest absolute Gasteiger partial charge is 0.0827 e. The molecule has 1 unspecified atom stereocenters. The highest BCUT2D eigenvalue weighted by Crippen LogP contribution is 2.16. The van der Waals surface area contributed by atoms with Crippen LogP contribution in [0.15, 0.2) is 0 Å². The largest absolute Gasteiger partial charge is 0.330 e. The van der Waals surface area contributed by atoms with Crippen LogP contribution in [0.2, 0.25) is 0 Å². The van der Waals surface area contributed by atoms with Crippen molar-refractivity contribution in [3.8, 4) is 0 Å². The van der Waals surface area contributed by atoms with Crippen molar-refractivity contribution in [2.45, 2.75) is 10.9 Å². The van der Waals surface area contributed by atoms with Gasteiger partial charge in [0.1, 0.15) is 0 Å². The van der Waals surface area contributed by atoms with Crippen LogP contribution in [-0.2, 0) is 0 Å². The Labute approximate surface area is 66.2 Å². The maximum atomic E-state index is 5.62. The van der Waals surface area contributed by atoms with Gasteiger partial charge in [-0.05, 0) is 13.0 Å². The van der Waals surface area contributed by atoms with Gasteiger partial charge in [-0.2, -0.15) is 0 Å². The molecule has 0 rings (SSSR count). The Bertz CT molecular complexity index is 65.1. The lowest BCUT2D eigenvalue weighted by Crippen LogP contribution is -2.36. The third-order valence-electron chi connectivity index (χ3n) is 0.782. The van der Waals surface area contributed by atoms with Crippen LogP contribution >= 0.6 is 31.9 Å². The zero-order valence-corrected chi connectivity index (χ0v) is 7.70. The number of nitrogens with two attached hydrogens (primary N) is 2. The summed E-state index contributed by atoms with van der Waals surface area (Å²) in [7, 11) is 0. The topological polar surface area (TPSA) is 52.0 Å². The summed E-state index contributed by atoms with van der Waals surface area (Å²) >= 11 is 6.54. The van der Waals surface area contributed by atoms with Crippen LogP contribution < -0.4 is 11.5 Å². The average Bonchev–Trinajstić information content (AvgIpc) is 1.67. The Kier molecular flexibility index (Phi) is 4.24. The standard InChI is InChI=1S/C4H10Br2N2/c5-3-4(6,8)1-2-7/h1-3,7-8H2. The van der Waals surface area contributed by atoms with E-state index in [1.165, 1.54) is 0 Å². The number of hydrogen-bond acceptors (Lipinski definition) is 2. The molecular weight excluding hydrogens is 236 g/mol. The molecule has 50 valence electrons. The molecule has 0 amide bonds. The molecule has 0 aliphatic rings. The molecule has 0 aromatic heterocycles. The lowest BCUT2D eigenvalue weighted by molar-refractivity contribution is 0.647. The SMILES string of the molecule is NCCC(N)(Br)CBr. The zero-order valence-electron chi connectivity index (χ0n) is 4.53. The summed E-state index contributed by atoms with van der Waals surface area (Å²) in [5.41, 5.74) is 10.9. The summed E-state index contributed by atoms with van der Waals surface area (Å²) in [5.74, 6) is 0. The zero-order chi connectivity index (χ0) is 6.62.